The third kappa shape index (κ3) is 4.95. The Morgan fingerprint density at radius 3 is 2.69 bits per heavy atom. The first kappa shape index (κ1) is 18.2. The van der Waals surface area contributed by atoms with Gasteiger partial charge in [0.25, 0.3) is 0 Å². The number of hydrogen-bond acceptors (Lipinski definition) is 6. The summed E-state index contributed by atoms with van der Waals surface area (Å²) in [7, 11) is 1.65. The van der Waals surface area contributed by atoms with Crippen LogP contribution in [-0.2, 0) is 11.2 Å². The van der Waals surface area contributed by atoms with Gasteiger partial charge in [-0.05, 0) is 50.0 Å². The lowest BCUT2D eigenvalue weighted by molar-refractivity contribution is -0.122. The molecule has 1 aliphatic rings. The van der Waals surface area contributed by atoms with Crippen LogP contribution < -0.4 is 15.8 Å². The number of carbonyl (C=O) groups is 1. The van der Waals surface area contributed by atoms with Crippen molar-refractivity contribution in [2.75, 3.05) is 39.0 Å². The van der Waals surface area contributed by atoms with Crippen LogP contribution in [0.2, 0.25) is 0 Å². The van der Waals surface area contributed by atoms with E-state index in [0.717, 1.165) is 43.9 Å². The number of amides is 1. The van der Waals surface area contributed by atoms with Crippen molar-refractivity contribution in [2.45, 2.75) is 25.2 Å². The summed E-state index contributed by atoms with van der Waals surface area (Å²) in [6.45, 7) is 2.82. The second kappa shape index (κ2) is 8.66. The van der Waals surface area contributed by atoms with Gasteiger partial charge in [0.2, 0.25) is 11.9 Å². The minimum Gasteiger partial charge on any atom is -0.497 e. The molecule has 0 aliphatic carbocycles. The monoisotopic (exact) mass is 358 g/mol. The van der Waals surface area contributed by atoms with E-state index in [1.807, 2.05) is 24.3 Å². The van der Waals surface area contributed by atoms with Crippen molar-refractivity contribution in [3.05, 3.63) is 35.7 Å². The van der Waals surface area contributed by atoms with Gasteiger partial charge in [-0.15, -0.1) is 5.10 Å². The third-order valence-corrected chi connectivity index (χ3v) is 4.76. The van der Waals surface area contributed by atoms with E-state index in [4.69, 9.17) is 10.5 Å². The first-order valence-corrected chi connectivity index (χ1v) is 8.94. The standard InChI is InChI=1S/C18H26N6O2/c1-26-15-4-2-13(3-5-15)6-9-20-16(25)12-24-10-7-14(8-11-24)17-21-18(19)23-22-17/h2-5,14H,6-12H2,1H3,(H,20,25)(H3,19,21,22,23). The molecule has 1 saturated heterocycles. The number of methoxy groups -OCH3 is 1. The zero-order valence-corrected chi connectivity index (χ0v) is 15.1. The number of nitrogens with zero attached hydrogens (tertiary/aromatic N) is 3. The van der Waals surface area contributed by atoms with Gasteiger partial charge in [-0.1, -0.05) is 12.1 Å². The van der Waals surface area contributed by atoms with Crippen molar-refractivity contribution >= 4 is 11.9 Å². The Bertz CT molecular complexity index is 707. The van der Waals surface area contributed by atoms with Crippen molar-refractivity contribution in [2.24, 2.45) is 0 Å². The number of H-pyrrole nitrogens is 1. The SMILES string of the molecule is COc1ccc(CCNC(=O)CN2CCC(c3nc(N)n[nH]3)CC2)cc1. The summed E-state index contributed by atoms with van der Waals surface area (Å²) >= 11 is 0. The van der Waals surface area contributed by atoms with Crippen LogP contribution >= 0.6 is 0 Å². The highest BCUT2D eigenvalue weighted by Crippen LogP contribution is 2.25. The fraction of sp³-hybridized carbons (Fsp3) is 0.500. The molecule has 1 fully saturated rings. The normalized spacial score (nSPS) is 15.7. The highest BCUT2D eigenvalue weighted by atomic mass is 16.5. The van der Waals surface area contributed by atoms with Gasteiger partial charge < -0.3 is 15.8 Å². The van der Waals surface area contributed by atoms with Crippen molar-refractivity contribution < 1.29 is 9.53 Å². The number of anilines is 1. The lowest BCUT2D eigenvalue weighted by atomic mass is 9.96. The lowest BCUT2D eigenvalue weighted by Gasteiger charge is -2.30. The molecule has 8 nitrogen and oxygen atoms in total. The van der Waals surface area contributed by atoms with Crippen LogP contribution in [0.5, 0.6) is 5.75 Å². The van der Waals surface area contributed by atoms with Gasteiger partial charge in [0.1, 0.15) is 11.6 Å². The molecule has 140 valence electrons. The van der Waals surface area contributed by atoms with Crippen LogP contribution in [0.3, 0.4) is 0 Å². The maximum Gasteiger partial charge on any atom is 0.239 e. The average molecular weight is 358 g/mol. The number of rotatable bonds is 7. The highest BCUT2D eigenvalue weighted by molar-refractivity contribution is 5.78. The van der Waals surface area contributed by atoms with E-state index in [-0.39, 0.29) is 5.91 Å². The molecule has 0 radical (unpaired) electrons. The Morgan fingerprint density at radius 1 is 1.35 bits per heavy atom. The summed E-state index contributed by atoms with van der Waals surface area (Å²) in [4.78, 5) is 18.5. The van der Waals surface area contributed by atoms with E-state index in [1.165, 1.54) is 5.56 Å². The number of aromatic nitrogens is 3. The maximum atomic E-state index is 12.1. The molecule has 0 saturated carbocycles. The fourth-order valence-corrected chi connectivity index (χ4v) is 3.23. The molecule has 3 rings (SSSR count). The number of likely N-dealkylation sites (tertiary alicyclic amines) is 1. The summed E-state index contributed by atoms with van der Waals surface area (Å²) in [5.74, 6) is 2.40. The molecule has 2 heterocycles. The second-order valence-corrected chi connectivity index (χ2v) is 6.58. The zero-order chi connectivity index (χ0) is 18.4. The first-order valence-electron chi connectivity index (χ1n) is 8.94. The Kier molecular flexibility index (Phi) is 6.06. The average Bonchev–Trinajstić information content (AvgIpc) is 3.09. The molecule has 1 aliphatic heterocycles. The molecule has 0 atom stereocenters. The van der Waals surface area contributed by atoms with Crippen molar-refractivity contribution in [3.63, 3.8) is 0 Å². The van der Waals surface area contributed by atoms with E-state index in [9.17, 15) is 4.79 Å². The Balaban J connectivity index is 1.35. The fourth-order valence-electron chi connectivity index (χ4n) is 3.23. The molecule has 26 heavy (non-hydrogen) atoms. The van der Waals surface area contributed by atoms with Gasteiger partial charge in [0.05, 0.1) is 13.7 Å². The Morgan fingerprint density at radius 2 is 2.08 bits per heavy atom. The number of carbonyl (C=O) groups excluding carboxylic acids is 1. The van der Waals surface area contributed by atoms with E-state index in [2.05, 4.69) is 25.4 Å². The molecule has 2 aromatic rings. The molecule has 4 N–H and O–H groups in total. The van der Waals surface area contributed by atoms with E-state index in [1.54, 1.807) is 7.11 Å². The minimum atomic E-state index is 0.0703. The zero-order valence-electron chi connectivity index (χ0n) is 15.1. The second-order valence-electron chi connectivity index (χ2n) is 6.58. The number of piperidine rings is 1. The largest absolute Gasteiger partial charge is 0.497 e. The van der Waals surface area contributed by atoms with Crippen LogP contribution in [0, 0.1) is 0 Å². The number of hydrogen-bond donors (Lipinski definition) is 3. The number of nitrogens with two attached hydrogens (primary N) is 1. The summed E-state index contributed by atoms with van der Waals surface area (Å²) < 4.78 is 5.14. The predicted molar refractivity (Wildman–Crippen MR) is 98.9 cm³/mol. The summed E-state index contributed by atoms with van der Waals surface area (Å²) in [6, 6.07) is 7.91. The topological polar surface area (TPSA) is 109 Å². The Hall–Kier alpha value is -2.61. The molecule has 1 aromatic carbocycles. The molecule has 0 spiro atoms. The molecule has 0 unspecified atom stereocenters. The van der Waals surface area contributed by atoms with Crippen LogP contribution in [0.25, 0.3) is 0 Å². The van der Waals surface area contributed by atoms with E-state index < -0.39 is 0 Å². The van der Waals surface area contributed by atoms with Gasteiger partial charge in [-0.2, -0.15) is 4.98 Å². The van der Waals surface area contributed by atoms with Crippen molar-refractivity contribution in [3.8, 4) is 5.75 Å². The molecule has 1 aromatic heterocycles. The minimum absolute atomic E-state index is 0.0703. The molecule has 0 bridgehead atoms. The number of benzene rings is 1. The number of nitrogen functional groups attached to an aromatic ring is 1. The van der Waals surface area contributed by atoms with Crippen LogP contribution in [0.15, 0.2) is 24.3 Å². The van der Waals surface area contributed by atoms with Crippen molar-refractivity contribution in [1.29, 1.82) is 0 Å². The van der Waals surface area contributed by atoms with Gasteiger partial charge >= 0.3 is 0 Å². The summed E-state index contributed by atoms with van der Waals surface area (Å²) in [5.41, 5.74) is 6.74. The first-order chi connectivity index (χ1) is 12.6. The predicted octanol–water partition coefficient (Wildman–Crippen LogP) is 0.934. The van der Waals surface area contributed by atoms with Crippen LogP contribution in [-0.4, -0.2) is 59.3 Å². The van der Waals surface area contributed by atoms with E-state index >= 15 is 0 Å². The Labute approximate surface area is 153 Å². The molecular formula is C18H26N6O2. The molecule has 8 heteroatoms. The van der Waals surface area contributed by atoms with Gasteiger partial charge in [-0.25, -0.2) is 0 Å². The third-order valence-electron chi connectivity index (χ3n) is 4.76. The van der Waals surface area contributed by atoms with E-state index in [0.29, 0.717) is 25.0 Å². The smallest absolute Gasteiger partial charge is 0.239 e. The highest BCUT2D eigenvalue weighted by Gasteiger charge is 2.24. The van der Waals surface area contributed by atoms with Crippen molar-refractivity contribution in [1.82, 2.24) is 25.4 Å². The summed E-state index contributed by atoms with van der Waals surface area (Å²) in [5, 5.41) is 9.77. The molecular weight excluding hydrogens is 332 g/mol. The number of nitrogens with one attached hydrogen (secondary N) is 2. The lowest BCUT2D eigenvalue weighted by Crippen LogP contribution is -2.41. The number of aromatic amines is 1. The number of ether oxygens (including phenoxy) is 1. The van der Waals surface area contributed by atoms with Gasteiger partial charge in [0, 0.05) is 12.5 Å². The van der Waals surface area contributed by atoms with Gasteiger partial charge in [0.15, 0.2) is 0 Å². The van der Waals surface area contributed by atoms with Crippen LogP contribution in [0.1, 0.15) is 30.1 Å². The summed E-state index contributed by atoms with van der Waals surface area (Å²) in [6.07, 6.45) is 2.71. The van der Waals surface area contributed by atoms with Crippen LogP contribution in [0.4, 0.5) is 5.95 Å². The van der Waals surface area contributed by atoms with Gasteiger partial charge in [-0.3, -0.25) is 14.8 Å². The molecule has 1 amide bonds. The maximum absolute atomic E-state index is 12.1. The quantitative estimate of drug-likeness (QED) is 0.679.